The molecule has 96 valence electrons. The van der Waals surface area contributed by atoms with E-state index in [0.29, 0.717) is 0 Å². The lowest BCUT2D eigenvalue weighted by Crippen LogP contribution is -2.25. The number of rotatable bonds is 6. The van der Waals surface area contributed by atoms with Gasteiger partial charge in [-0.05, 0) is 32.7 Å². The van der Waals surface area contributed by atoms with Crippen LogP contribution in [0.2, 0.25) is 0 Å². The van der Waals surface area contributed by atoms with E-state index in [1.807, 2.05) is 11.7 Å². The molecule has 0 atom stereocenters. The molecule has 1 aromatic heterocycles. The van der Waals surface area contributed by atoms with E-state index in [4.69, 9.17) is 0 Å². The lowest BCUT2D eigenvalue weighted by Gasteiger charge is -2.20. The first-order valence-corrected chi connectivity index (χ1v) is 6.61. The molecular weight excluding hydrogens is 212 g/mol. The lowest BCUT2D eigenvalue weighted by atomic mass is 10.2. The Morgan fingerprint density at radius 3 is 2.76 bits per heavy atom. The second-order valence-corrected chi connectivity index (χ2v) is 5.03. The molecule has 1 fully saturated rings. The van der Waals surface area contributed by atoms with Gasteiger partial charge in [-0.15, -0.1) is 0 Å². The quantitative estimate of drug-likeness (QED) is 0.765. The van der Waals surface area contributed by atoms with Crippen LogP contribution in [0.5, 0.6) is 0 Å². The fourth-order valence-corrected chi connectivity index (χ4v) is 2.36. The number of nitrogens with zero attached hydrogens (tertiary/aromatic N) is 3. The van der Waals surface area contributed by atoms with Crippen molar-refractivity contribution in [3.8, 4) is 0 Å². The smallest absolute Gasteiger partial charge is 0.131 e. The first-order chi connectivity index (χ1) is 8.15. The van der Waals surface area contributed by atoms with E-state index < -0.39 is 0 Å². The Labute approximate surface area is 104 Å². The molecule has 1 N–H and O–H groups in total. The molecule has 0 bridgehead atoms. The predicted molar refractivity (Wildman–Crippen MR) is 71.4 cm³/mol. The Morgan fingerprint density at radius 2 is 2.18 bits per heavy atom. The van der Waals surface area contributed by atoms with Crippen molar-refractivity contribution in [1.29, 1.82) is 0 Å². The van der Waals surface area contributed by atoms with Crippen LogP contribution in [0.25, 0.3) is 0 Å². The highest BCUT2D eigenvalue weighted by Gasteiger charge is 2.30. The van der Waals surface area contributed by atoms with Crippen molar-refractivity contribution in [3.63, 3.8) is 0 Å². The summed E-state index contributed by atoms with van der Waals surface area (Å²) in [6, 6.07) is 0.731. The average Bonchev–Trinajstić information content (AvgIpc) is 3.07. The fraction of sp³-hybridized carbons (Fsp3) is 0.769. The zero-order valence-electron chi connectivity index (χ0n) is 11.5. The molecule has 1 aliphatic carbocycles. The maximum Gasteiger partial charge on any atom is 0.131 e. The van der Waals surface area contributed by atoms with Crippen LogP contribution in [0.1, 0.15) is 37.4 Å². The molecule has 0 aromatic carbocycles. The van der Waals surface area contributed by atoms with Crippen molar-refractivity contribution < 1.29 is 0 Å². The topological polar surface area (TPSA) is 33.1 Å². The van der Waals surface area contributed by atoms with Gasteiger partial charge in [-0.3, -0.25) is 4.68 Å². The van der Waals surface area contributed by atoms with Crippen LogP contribution in [0.4, 0.5) is 5.82 Å². The van der Waals surface area contributed by atoms with Gasteiger partial charge in [-0.1, -0.05) is 6.92 Å². The summed E-state index contributed by atoms with van der Waals surface area (Å²) >= 11 is 0. The van der Waals surface area contributed by atoms with Gasteiger partial charge in [0.05, 0.1) is 5.69 Å². The van der Waals surface area contributed by atoms with Crippen LogP contribution in [0, 0.1) is 6.92 Å². The molecule has 1 saturated carbocycles. The summed E-state index contributed by atoms with van der Waals surface area (Å²) in [5.41, 5.74) is 2.51. The van der Waals surface area contributed by atoms with E-state index in [9.17, 15) is 0 Å². The number of aromatic nitrogens is 2. The molecule has 17 heavy (non-hydrogen) atoms. The molecule has 4 heteroatoms. The summed E-state index contributed by atoms with van der Waals surface area (Å²) < 4.78 is 2.02. The summed E-state index contributed by atoms with van der Waals surface area (Å²) in [7, 11) is 4.24. The Balaban J connectivity index is 2.16. The molecule has 0 unspecified atom stereocenters. The molecule has 0 aliphatic heterocycles. The zero-order chi connectivity index (χ0) is 12.4. The first-order valence-electron chi connectivity index (χ1n) is 6.61. The predicted octanol–water partition coefficient (Wildman–Crippen LogP) is 1.83. The maximum atomic E-state index is 4.56. The van der Waals surface area contributed by atoms with Gasteiger partial charge >= 0.3 is 0 Å². The summed E-state index contributed by atoms with van der Waals surface area (Å²) in [6.45, 7) is 6.30. The van der Waals surface area contributed by atoms with E-state index in [1.54, 1.807) is 0 Å². The minimum absolute atomic E-state index is 0.731. The molecular formula is C13H24N4. The standard InChI is InChI=1S/C13H24N4/c1-5-8-14-9-12-10(2)15-17(4)13(12)16(3)11-6-7-11/h11,14H,5-9H2,1-4H3. The summed E-state index contributed by atoms with van der Waals surface area (Å²) in [5.74, 6) is 1.29. The number of aryl methyl sites for hydroxylation is 2. The number of anilines is 1. The van der Waals surface area contributed by atoms with Gasteiger partial charge in [-0.2, -0.15) is 5.10 Å². The molecule has 0 spiro atoms. The van der Waals surface area contributed by atoms with Gasteiger partial charge in [0.15, 0.2) is 0 Å². The molecule has 1 aliphatic rings. The van der Waals surface area contributed by atoms with Crippen LogP contribution in [-0.2, 0) is 13.6 Å². The van der Waals surface area contributed by atoms with Gasteiger partial charge in [-0.25, -0.2) is 0 Å². The van der Waals surface area contributed by atoms with Crippen molar-refractivity contribution in [3.05, 3.63) is 11.3 Å². The third kappa shape index (κ3) is 2.63. The highest BCUT2D eigenvalue weighted by atomic mass is 15.4. The van der Waals surface area contributed by atoms with Crippen molar-refractivity contribution >= 4 is 5.82 Å². The molecule has 1 aromatic rings. The van der Waals surface area contributed by atoms with Crippen LogP contribution in [0.3, 0.4) is 0 Å². The molecule has 4 nitrogen and oxygen atoms in total. The molecule has 0 radical (unpaired) electrons. The second-order valence-electron chi connectivity index (χ2n) is 5.03. The second kappa shape index (κ2) is 5.08. The van der Waals surface area contributed by atoms with Crippen molar-refractivity contribution in [2.45, 2.75) is 45.7 Å². The third-order valence-corrected chi connectivity index (χ3v) is 3.47. The summed E-state index contributed by atoms with van der Waals surface area (Å²) in [4.78, 5) is 2.39. The van der Waals surface area contributed by atoms with Gasteiger partial charge in [0, 0.05) is 32.2 Å². The largest absolute Gasteiger partial charge is 0.357 e. The van der Waals surface area contributed by atoms with Gasteiger partial charge in [0.25, 0.3) is 0 Å². The van der Waals surface area contributed by atoms with Gasteiger partial charge in [0.2, 0.25) is 0 Å². The molecule has 2 rings (SSSR count). The normalized spacial score (nSPS) is 15.3. The molecule has 0 amide bonds. The van der Waals surface area contributed by atoms with Crippen molar-refractivity contribution in [2.24, 2.45) is 7.05 Å². The van der Waals surface area contributed by atoms with Crippen LogP contribution in [-0.4, -0.2) is 29.4 Å². The van der Waals surface area contributed by atoms with Gasteiger partial charge in [0.1, 0.15) is 5.82 Å². The maximum absolute atomic E-state index is 4.56. The minimum atomic E-state index is 0.731. The first kappa shape index (κ1) is 12.4. The summed E-state index contributed by atoms with van der Waals surface area (Å²) in [6.07, 6.45) is 3.82. The van der Waals surface area contributed by atoms with E-state index in [-0.39, 0.29) is 0 Å². The van der Waals surface area contributed by atoms with E-state index in [2.05, 4.69) is 36.2 Å². The lowest BCUT2D eigenvalue weighted by molar-refractivity contribution is 0.669. The van der Waals surface area contributed by atoms with Crippen LogP contribution >= 0.6 is 0 Å². The highest BCUT2D eigenvalue weighted by Crippen LogP contribution is 2.32. The Morgan fingerprint density at radius 1 is 1.47 bits per heavy atom. The molecule has 0 saturated heterocycles. The van der Waals surface area contributed by atoms with E-state index in [1.165, 1.54) is 30.6 Å². The van der Waals surface area contributed by atoms with E-state index >= 15 is 0 Å². The number of nitrogens with one attached hydrogen (secondary N) is 1. The Bertz CT molecular complexity index is 379. The Kier molecular flexibility index (Phi) is 3.72. The minimum Gasteiger partial charge on any atom is -0.357 e. The third-order valence-electron chi connectivity index (χ3n) is 3.47. The average molecular weight is 236 g/mol. The van der Waals surface area contributed by atoms with E-state index in [0.717, 1.165) is 24.8 Å². The number of hydrogen-bond acceptors (Lipinski definition) is 3. The monoisotopic (exact) mass is 236 g/mol. The fourth-order valence-electron chi connectivity index (χ4n) is 2.36. The highest BCUT2D eigenvalue weighted by molar-refractivity contribution is 5.51. The summed E-state index contributed by atoms with van der Waals surface area (Å²) in [5, 5.41) is 8.04. The Hall–Kier alpha value is -1.03. The van der Waals surface area contributed by atoms with Crippen LogP contribution in [0.15, 0.2) is 0 Å². The van der Waals surface area contributed by atoms with Crippen molar-refractivity contribution in [2.75, 3.05) is 18.5 Å². The number of hydrogen-bond donors (Lipinski definition) is 1. The SMILES string of the molecule is CCCNCc1c(C)nn(C)c1N(C)C1CC1. The molecule has 1 heterocycles. The van der Waals surface area contributed by atoms with Crippen molar-refractivity contribution in [1.82, 2.24) is 15.1 Å². The zero-order valence-corrected chi connectivity index (χ0v) is 11.5. The van der Waals surface area contributed by atoms with Gasteiger partial charge < -0.3 is 10.2 Å². The van der Waals surface area contributed by atoms with Crippen LogP contribution < -0.4 is 10.2 Å².